The molecule has 0 saturated heterocycles. The van der Waals surface area contributed by atoms with Crippen molar-refractivity contribution in [1.82, 2.24) is 0 Å². The fraction of sp³-hybridized carbons (Fsp3) is 0.833. The van der Waals surface area contributed by atoms with Crippen molar-refractivity contribution in [3.05, 3.63) is 12.7 Å². The number of esters is 1. The topological polar surface area (TPSA) is 80.7 Å². The van der Waals surface area contributed by atoms with Gasteiger partial charge in [-0.3, -0.25) is 4.55 Å². The smallest absolute Gasteiger partial charge is 0.330 e. The molecule has 0 bridgehead atoms. The Bertz CT molecular complexity index is 482. The molecule has 0 radical (unpaired) electrons. The van der Waals surface area contributed by atoms with Gasteiger partial charge in [0.2, 0.25) is 0 Å². The van der Waals surface area contributed by atoms with Crippen LogP contribution in [-0.4, -0.2) is 61.5 Å². The first-order valence-corrected chi connectivity index (χ1v) is 10.9. The molecule has 148 valence electrons. The minimum absolute atomic E-state index is 0.120. The molecular weight excluding hydrogens is 342 g/mol. The van der Waals surface area contributed by atoms with Crippen LogP contribution in [-0.2, 0) is 19.6 Å². The van der Waals surface area contributed by atoms with Crippen LogP contribution in [0, 0.1) is 0 Å². The van der Waals surface area contributed by atoms with Gasteiger partial charge in [0.05, 0.1) is 38.0 Å². The van der Waals surface area contributed by atoms with Gasteiger partial charge in [-0.25, -0.2) is 4.79 Å². The Hall–Kier alpha value is -0.920. The summed E-state index contributed by atoms with van der Waals surface area (Å²) in [4.78, 5) is 11.2. The van der Waals surface area contributed by atoms with Gasteiger partial charge in [-0.15, -0.1) is 0 Å². The highest BCUT2D eigenvalue weighted by Gasteiger charge is 2.33. The predicted octanol–water partition coefficient (Wildman–Crippen LogP) is 3.19. The van der Waals surface area contributed by atoms with Crippen molar-refractivity contribution in [2.75, 3.05) is 32.0 Å². The number of carbonyl (C=O) groups is 1. The van der Waals surface area contributed by atoms with Crippen LogP contribution in [0.2, 0.25) is 0 Å². The summed E-state index contributed by atoms with van der Waals surface area (Å²) >= 11 is 0. The molecule has 25 heavy (non-hydrogen) atoms. The molecule has 1 atom stereocenters. The average Bonchev–Trinajstić information content (AvgIpc) is 2.57. The molecule has 0 aliphatic rings. The van der Waals surface area contributed by atoms with E-state index in [4.69, 9.17) is 9.29 Å². The van der Waals surface area contributed by atoms with E-state index in [-0.39, 0.29) is 11.8 Å². The van der Waals surface area contributed by atoms with Gasteiger partial charge in [0, 0.05) is 18.9 Å². The standard InChI is InChI=1S/C18H35NO5S/c1-5-8-12-19(13-9-6-2,14-10-15-24-18(20)7-3)17(4)11-16-25(21,22)23/h7,17H,3,5-6,8-16H2,1-2,4H3/p+1. The Morgan fingerprint density at radius 2 is 1.68 bits per heavy atom. The van der Waals surface area contributed by atoms with Crippen LogP contribution in [0.1, 0.15) is 59.3 Å². The zero-order chi connectivity index (χ0) is 19.3. The normalized spacial score (nSPS) is 13.4. The molecule has 0 rings (SSSR count). The number of quaternary nitrogens is 1. The third-order valence-electron chi connectivity index (χ3n) is 4.80. The van der Waals surface area contributed by atoms with Crippen LogP contribution in [0.5, 0.6) is 0 Å². The summed E-state index contributed by atoms with van der Waals surface area (Å²) in [7, 11) is -3.95. The number of ether oxygens (including phenoxy) is 1. The van der Waals surface area contributed by atoms with Crippen molar-refractivity contribution in [1.29, 1.82) is 0 Å². The maximum absolute atomic E-state index is 11.2. The molecule has 1 N–H and O–H groups in total. The van der Waals surface area contributed by atoms with Crippen molar-refractivity contribution >= 4 is 16.1 Å². The van der Waals surface area contributed by atoms with Crippen molar-refractivity contribution in [3.63, 3.8) is 0 Å². The summed E-state index contributed by atoms with van der Waals surface area (Å²) < 4.78 is 37.3. The van der Waals surface area contributed by atoms with Crippen LogP contribution in [0.3, 0.4) is 0 Å². The second-order valence-electron chi connectivity index (χ2n) is 6.75. The van der Waals surface area contributed by atoms with E-state index in [9.17, 15) is 13.2 Å². The number of hydrogen-bond donors (Lipinski definition) is 1. The highest BCUT2D eigenvalue weighted by Crippen LogP contribution is 2.22. The van der Waals surface area contributed by atoms with Crippen LogP contribution < -0.4 is 0 Å². The van der Waals surface area contributed by atoms with Crippen molar-refractivity contribution in [3.8, 4) is 0 Å². The van der Waals surface area contributed by atoms with Gasteiger partial charge < -0.3 is 9.22 Å². The van der Waals surface area contributed by atoms with Crippen LogP contribution in [0.15, 0.2) is 12.7 Å². The van der Waals surface area contributed by atoms with E-state index in [1.54, 1.807) is 0 Å². The largest absolute Gasteiger partial charge is 0.462 e. The summed E-state index contributed by atoms with van der Waals surface area (Å²) in [5.74, 6) is -0.627. The van der Waals surface area contributed by atoms with Gasteiger partial charge in [-0.1, -0.05) is 33.3 Å². The molecule has 0 aliphatic heterocycles. The average molecular weight is 379 g/mol. The van der Waals surface area contributed by atoms with E-state index in [1.807, 2.05) is 0 Å². The minimum atomic E-state index is -3.95. The van der Waals surface area contributed by atoms with E-state index in [0.717, 1.165) is 62.3 Å². The first-order chi connectivity index (χ1) is 11.7. The van der Waals surface area contributed by atoms with E-state index in [1.165, 1.54) is 0 Å². The summed E-state index contributed by atoms with van der Waals surface area (Å²) in [6, 6.07) is 0.120. The van der Waals surface area contributed by atoms with Crippen LogP contribution in [0.4, 0.5) is 0 Å². The Morgan fingerprint density at radius 1 is 1.16 bits per heavy atom. The van der Waals surface area contributed by atoms with Gasteiger partial charge in [0.25, 0.3) is 10.1 Å². The third-order valence-corrected chi connectivity index (χ3v) is 5.55. The lowest BCUT2D eigenvalue weighted by Gasteiger charge is -2.44. The molecule has 0 saturated carbocycles. The Morgan fingerprint density at radius 3 is 2.12 bits per heavy atom. The molecule has 0 aromatic rings. The lowest BCUT2D eigenvalue weighted by Crippen LogP contribution is -2.56. The summed E-state index contributed by atoms with van der Waals surface area (Å²) in [5, 5.41) is 0. The highest BCUT2D eigenvalue weighted by molar-refractivity contribution is 7.85. The molecule has 6 nitrogen and oxygen atoms in total. The van der Waals surface area contributed by atoms with Crippen molar-refractivity contribution in [2.45, 2.75) is 65.3 Å². The zero-order valence-electron chi connectivity index (χ0n) is 16.1. The predicted molar refractivity (Wildman–Crippen MR) is 101 cm³/mol. The maximum atomic E-state index is 11.2. The van der Waals surface area contributed by atoms with E-state index < -0.39 is 16.1 Å². The van der Waals surface area contributed by atoms with Crippen LogP contribution in [0.25, 0.3) is 0 Å². The molecule has 0 heterocycles. The third kappa shape index (κ3) is 10.6. The molecule has 0 fully saturated rings. The van der Waals surface area contributed by atoms with E-state index in [0.29, 0.717) is 13.0 Å². The second kappa shape index (κ2) is 12.4. The van der Waals surface area contributed by atoms with E-state index >= 15 is 0 Å². The Balaban J connectivity index is 5.04. The molecule has 1 unspecified atom stereocenters. The molecule has 0 aliphatic carbocycles. The van der Waals surface area contributed by atoms with Crippen molar-refractivity contribution in [2.24, 2.45) is 0 Å². The Kier molecular flexibility index (Phi) is 12.0. The molecule has 0 spiro atoms. The lowest BCUT2D eigenvalue weighted by atomic mass is 10.1. The van der Waals surface area contributed by atoms with Gasteiger partial charge in [0.1, 0.15) is 0 Å². The highest BCUT2D eigenvalue weighted by atomic mass is 32.2. The number of unbranched alkanes of at least 4 members (excludes halogenated alkanes) is 2. The first-order valence-electron chi connectivity index (χ1n) is 9.31. The fourth-order valence-corrected chi connectivity index (χ4v) is 3.79. The first kappa shape index (κ1) is 24.1. The quantitative estimate of drug-likeness (QED) is 0.156. The van der Waals surface area contributed by atoms with Crippen molar-refractivity contribution < 1.29 is 27.0 Å². The summed E-state index contributed by atoms with van der Waals surface area (Å²) in [6.07, 6.45) is 6.58. The molecule has 7 heteroatoms. The molecule has 0 aromatic heterocycles. The maximum Gasteiger partial charge on any atom is 0.330 e. The number of hydrogen-bond acceptors (Lipinski definition) is 4. The molecule has 0 aromatic carbocycles. The van der Waals surface area contributed by atoms with Gasteiger partial charge in [0.15, 0.2) is 0 Å². The number of carbonyl (C=O) groups excluding carboxylic acids is 1. The van der Waals surface area contributed by atoms with Crippen LogP contribution >= 0.6 is 0 Å². The Labute approximate surface area is 153 Å². The van der Waals surface area contributed by atoms with Gasteiger partial charge >= 0.3 is 5.97 Å². The van der Waals surface area contributed by atoms with Gasteiger partial charge in [-0.2, -0.15) is 8.42 Å². The van der Waals surface area contributed by atoms with E-state index in [2.05, 4.69) is 27.4 Å². The fourth-order valence-electron chi connectivity index (χ4n) is 3.15. The number of rotatable bonds is 15. The van der Waals surface area contributed by atoms with Gasteiger partial charge in [-0.05, 0) is 19.8 Å². The SMILES string of the molecule is C=CC(=O)OCCC[N+](CCCC)(CCCC)C(C)CCS(=O)(=O)O. The monoisotopic (exact) mass is 378 g/mol. The summed E-state index contributed by atoms with van der Waals surface area (Å²) in [6.45, 7) is 12.8. The minimum Gasteiger partial charge on any atom is -0.462 e. The zero-order valence-corrected chi connectivity index (χ0v) is 16.9. The lowest BCUT2D eigenvalue weighted by molar-refractivity contribution is -0.950. The summed E-state index contributed by atoms with van der Waals surface area (Å²) in [5.41, 5.74) is 0. The molecule has 0 amide bonds. The second-order valence-corrected chi connectivity index (χ2v) is 8.32. The molecular formula is C18H36NO5S+. The number of nitrogens with zero attached hydrogens (tertiary/aromatic N) is 1.